The molecule has 3 N–H and O–H groups in total. The summed E-state index contributed by atoms with van der Waals surface area (Å²) in [5, 5.41) is 3.11. The number of piperidine rings is 1. The highest BCUT2D eigenvalue weighted by molar-refractivity contribution is 5.87. The number of rotatable bonds is 3. The highest BCUT2D eigenvalue weighted by Gasteiger charge is 2.37. The Morgan fingerprint density at radius 3 is 2.72 bits per heavy atom. The van der Waals surface area contributed by atoms with Crippen LogP contribution in [0.25, 0.3) is 0 Å². The van der Waals surface area contributed by atoms with Gasteiger partial charge in [-0.05, 0) is 19.3 Å². The van der Waals surface area contributed by atoms with Crippen LogP contribution in [0, 0.1) is 5.92 Å². The topological polar surface area (TPSA) is 75.4 Å². The predicted octanol–water partition coefficient (Wildman–Crippen LogP) is 0.243. The number of nitrogens with one attached hydrogen (secondary N) is 1. The van der Waals surface area contributed by atoms with E-state index < -0.39 is 0 Å². The molecule has 2 fully saturated rings. The Morgan fingerprint density at radius 2 is 2.17 bits per heavy atom. The molecule has 1 aliphatic carbocycles. The van der Waals surface area contributed by atoms with Gasteiger partial charge in [0.1, 0.15) is 0 Å². The van der Waals surface area contributed by atoms with Gasteiger partial charge in [-0.2, -0.15) is 0 Å². The van der Waals surface area contributed by atoms with E-state index in [-0.39, 0.29) is 23.3 Å². The van der Waals surface area contributed by atoms with Crippen LogP contribution in [-0.4, -0.2) is 42.4 Å². The van der Waals surface area contributed by atoms with Crippen molar-refractivity contribution in [3.8, 4) is 0 Å². The van der Waals surface area contributed by atoms with Crippen molar-refractivity contribution < 1.29 is 9.59 Å². The van der Waals surface area contributed by atoms with E-state index in [2.05, 4.69) is 5.32 Å². The van der Waals surface area contributed by atoms with Crippen LogP contribution in [0.15, 0.2) is 0 Å². The minimum absolute atomic E-state index is 0.0174. The summed E-state index contributed by atoms with van der Waals surface area (Å²) in [6.45, 7) is 1.17. The molecule has 1 saturated carbocycles. The Kier molecular flexibility index (Phi) is 3.90. The van der Waals surface area contributed by atoms with Gasteiger partial charge in [-0.1, -0.05) is 12.8 Å². The van der Waals surface area contributed by atoms with E-state index in [1.165, 1.54) is 0 Å². The van der Waals surface area contributed by atoms with Crippen LogP contribution in [-0.2, 0) is 9.59 Å². The third kappa shape index (κ3) is 2.66. The van der Waals surface area contributed by atoms with E-state index in [4.69, 9.17) is 5.73 Å². The van der Waals surface area contributed by atoms with Crippen LogP contribution in [0.1, 0.15) is 38.5 Å². The van der Waals surface area contributed by atoms with Crippen molar-refractivity contribution in [1.29, 1.82) is 0 Å². The molecule has 1 unspecified atom stereocenters. The van der Waals surface area contributed by atoms with Gasteiger partial charge in [-0.15, -0.1) is 0 Å². The SMILES string of the molecule is CN1CCC(C(=O)NC2(CN)CCCC2)CC1=O. The summed E-state index contributed by atoms with van der Waals surface area (Å²) >= 11 is 0. The molecular weight excluding hydrogens is 230 g/mol. The van der Waals surface area contributed by atoms with E-state index >= 15 is 0 Å². The summed E-state index contributed by atoms with van der Waals surface area (Å²) in [6.07, 6.45) is 5.29. The molecular formula is C13H23N3O2. The van der Waals surface area contributed by atoms with Gasteiger partial charge in [0.15, 0.2) is 0 Å². The van der Waals surface area contributed by atoms with E-state index in [0.717, 1.165) is 32.1 Å². The number of hydrogen-bond donors (Lipinski definition) is 2. The maximum absolute atomic E-state index is 12.2. The van der Waals surface area contributed by atoms with Crippen LogP contribution >= 0.6 is 0 Å². The molecule has 0 aromatic rings. The van der Waals surface area contributed by atoms with Crippen LogP contribution in [0.2, 0.25) is 0 Å². The first-order chi connectivity index (χ1) is 8.56. The molecule has 2 rings (SSSR count). The summed E-state index contributed by atoms with van der Waals surface area (Å²) in [7, 11) is 1.79. The first-order valence-corrected chi connectivity index (χ1v) is 6.82. The number of nitrogens with two attached hydrogens (primary N) is 1. The number of amides is 2. The van der Waals surface area contributed by atoms with Crippen molar-refractivity contribution in [3.05, 3.63) is 0 Å². The molecule has 2 aliphatic rings. The molecule has 1 atom stereocenters. The lowest BCUT2D eigenvalue weighted by atomic mass is 9.92. The van der Waals surface area contributed by atoms with Crippen molar-refractivity contribution in [2.24, 2.45) is 11.7 Å². The van der Waals surface area contributed by atoms with Crippen molar-refractivity contribution in [1.82, 2.24) is 10.2 Å². The van der Waals surface area contributed by atoms with Gasteiger partial charge in [-0.3, -0.25) is 9.59 Å². The van der Waals surface area contributed by atoms with Crippen LogP contribution < -0.4 is 11.1 Å². The second kappa shape index (κ2) is 5.26. The van der Waals surface area contributed by atoms with Gasteiger partial charge in [-0.25, -0.2) is 0 Å². The van der Waals surface area contributed by atoms with Gasteiger partial charge >= 0.3 is 0 Å². The highest BCUT2D eigenvalue weighted by atomic mass is 16.2. The van der Waals surface area contributed by atoms with Crippen molar-refractivity contribution in [2.75, 3.05) is 20.1 Å². The molecule has 1 aliphatic heterocycles. The summed E-state index contributed by atoms with van der Waals surface area (Å²) in [4.78, 5) is 25.5. The first-order valence-electron chi connectivity index (χ1n) is 6.82. The number of nitrogens with zero attached hydrogens (tertiary/aromatic N) is 1. The average Bonchev–Trinajstić information content (AvgIpc) is 2.82. The third-order valence-electron chi connectivity index (χ3n) is 4.37. The Hall–Kier alpha value is -1.10. The van der Waals surface area contributed by atoms with E-state index in [1.807, 2.05) is 0 Å². The fraction of sp³-hybridized carbons (Fsp3) is 0.846. The molecule has 0 radical (unpaired) electrons. The molecule has 5 heteroatoms. The first kappa shape index (κ1) is 13.3. The second-order valence-corrected chi connectivity index (χ2v) is 5.69. The Labute approximate surface area is 108 Å². The van der Waals surface area contributed by atoms with Crippen LogP contribution in [0.4, 0.5) is 0 Å². The summed E-state index contributed by atoms with van der Waals surface area (Å²) in [5.74, 6) is -0.0869. The van der Waals surface area contributed by atoms with Crippen molar-refractivity contribution in [3.63, 3.8) is 0 Å². The fourth-order valence-electron chi connectivity index (χ4n) is 2.96. The molecule has 1 heterocycles. The fourth-order valence-corrected chi connectivity index (χ4v) is 2.96. The molecule has 5 nitrogen and oxygen atoms in total. The highest BCUT2D eigenvalue weighted by Crippen LogP contribution is 2.29. The largest absolute Gasteiger partial charge is 0.349 e. The lowest BCUT2D eigenvalue weighted by Crippen LogP contribution is -2.54. The molecule has 18 heavy (non-hydrogen) atoms. The van der Waals surface area contributed by atoms with Gasteiger partial charge in [0.05, 0.1) is 5.54 Å². The molecule has 2 amide bonds. The molecule has 0 aromatic heterocycles. The minimum Gasteiger partial charge on any atom is -0.349 e. The number of likely N-dealkylation sites (tertiary alicyclic amines) is 1. The summed E-state index contributed by atoms with van der Waals surface area (Å²) < 4.78 is 0. The third-order valence-corrected chi connectivity index (χ3v) is 4.37. The monoisotopic (exact) mass is 253 g/mol. The predicted molar refractivity (Wildman–Crippen MR) is 68.8 cm³/mol. The maximum Gasteiger partial charge on any atom is 0.224 e. The van der Waals surface area contributed by atoms with E-state index in [0.29, 0.717) is 19.5 Å². The molecule has 102 valence electrons. The maximum atomic E-state index is 12.2. The minimum atomic E-state index is -0.205. The lowest BCUT2D eigenvalue weighted by molar-refractivity contribution is -0.139. The zero-order valence-corrected chi connectivity index (χ0v) is 11.1. The van der Waals surface area contributed by atoms with Gasteiger partial charge in [0.2, 0.25) is 11.8 Å². The van der Waals surface area contributed by atoms with E-state index in [9.17, 15) is 9.59 Å². The Balaban J connectivity index is 1.93. The lowest BCUT2D eigenvalue weighted by Gasteiger charge is -2.33. The Bertz CT molecular complexity index is 337. The second-order valence-electron chi connectivity index (χ2n) is 5.69. The number of carbonyl (C=O) groups is 2. The zero-order valence-electron chi connectivity index (χ0n) is 11.1. The van der Waals surface area contributed by atoms with Crippen LogP contribution in [0.5, 0.6) is 0 Å². The number of carbonyl (C=O) groups excluding carboxylic acids is 2. The van der Waals surface area contributed by atoms with Crippen LogP contribution in [0.3, 0.4) is 0 Å². The quantitative estimate of drug-likeness (QED) is 0.756. The van der Waals surface area contributed by atoms with E-state index in [1.54, 1.807) is 11.9 Å². The van der Waals surface area contributed by atoms with Crippen molar-refractivity contribution in [2.45, 2.75) is 44.1 Å². The van der Waals surface area contributed by atoms with Gasteiger partial charge < -0.3 is 16.0 Å². The average molecular weight is 253 g/mol. The standard InChI is InChI=1S/C13H23N3O2/c1-16-7-4-10(8-11(16)17)12(18)15-13(9-14)5-2-3-6-13/h10H,2-9,14H2,1H3,(H,15,18). The molecule has 0 aromatic carbocycles. The summed E-state index contributed by atoms with van der Waals surface area (Å²) in [5.41, 5.74) is 5.60. The molecule has 1 saturated heterocycles. The smallest absolute Gasteiger partial charge is 0.224 e. The normalized spacial score (nSPS) is 27.3. The molecule has 0 spiro atoms. The zero-order chi connectivity index (χ0) is 13.2. The van der Waals surface area contributed by atoms with Crippen molar-refractivity contribution >= 4 is 11.8 Å². The molecule has 0 bridgehead atoms. The Morgan fingerprint density at radius 1 is 1.50 bits per heavy atom. The summed E-state index contributed by atoms with van der Waals surface area (Å²) in [6, 6.07) is 0. The van der Waals surface area contributed by atoms with Gasteiger partial charge in [0, 0.05) is 32.5 Å². The number of hydrogen-bond acceptors (Lipinski definition) is 3. The van der Waals surface area contributed by atoms with Gasteiger partial charge in [0.25, 0.3) is 0 Å².